The molecule has 0 amide bonds. The Balaban J connectivity index is 2.40. The number of nitrogens with zero attached hydrogens (tertiary/aromatic N) is 2. The Labute approximate surface area is 101 Å². The van der Waals surface area contributed by atoms with Gasteiger partial charge in [0, 0.05) is 24.3 Å². The number of benzene rings is 1. The summed E-state index contributed by atoms with van der Waals surface area (Å²) in [5.74, 6) is 0. The van der Waals surface area contributed by atoms with Gasteiger partial charge in [-0.3, -0.25) is 0 Å². The van der Waals surface area contributed by atoms with Crippen LogP contribution in [0.2, 0.25) is 0 Å². The maximum absolute atomic E-state index is 5.76. The van der Waals surface area contributed by atoms with E-state index in [2.05, 4.69) is 30.7 Å². The predicted octanol–water partition coefficient (Wildman–Crippen LogP) is 3.03. The van der Waals surface area contributed by atoms with Crippen LogP contribution in [0.4, 0.5) is 11.7 Å². The third-order valence-electron chi connectivity index (χ3n) is 2.73. The smallest absolute Gasteiger partial charge is 0.298 e. The van der Waals surface area contributed by atoms with Crippen molar-refractivity contribution in [3.63, 3.8) is 0 Å². The van der Waals surface area contributed by atoms with Crippen LogP contribution in [0.1, 0.15) is 27.2 Å². The first-order valence-corrected chi connectivity index (χ1v) is 6.04. The normalized spacial score (nSPS) is 11.3. The maximum atomic E-state index is 5.76. The summed E-state index contributed by atoms with van der Waals surface area (Å²) in [5.41, 5.74) is 8.04. The second-order valence-corrected chi connectivity index (χ2v) is 4.51. The Morgan fingerprint density at radius 2 is 2.18 bits per heavy atom. The van der Waals surface area contributed by atoms with Crippen molar-refractivity contribution >= 4 is 22.8 Å². The van der Waals surface area contributed by atoms with Crippen molar-refractivity contribution in [3.05, 3.63) is 18.2 Å². The third-order valence-corrected chi connectivity index (χ3v) is 2.73. The lowest BCUT2D eigenvalue weighted by Gasteiger charge is -2.23. The van der Waals surface area contributed by atoms with Gasteiger partial charge in [-0.1, -0.05) is 6.92 Å². The van der Waals surface area contributed by atoms with Gasteiger partial charge >= 0.3 is 0 Å². The van der Waals surface area contributed by atoms with Gasteiger partial charge in [0.1, 0.15) is 5.52 Å². The molecule has 0 saturated heterocycles. The van der Waals surface area contributed by atoms with E-state index in [9.17, 15) is 0 Å². The van der Waals surface area contributed by atoms with Gasteiger partial charge in [-0.2, -0.15) is 4.98 Å². The van der Waals surface area contributed by atoms with Crippen molar-refractivity contribution in [1.82, 2.24) is 4.98 Å². The van der Waals surface area contributed by atoms with Gasteiger partial charge in [-0.05, 0) is 32.4 Å². The molecule has 0 radical (unpaired) electrons. The number of nitrogens with two attached hydrogens (primary N) is 1. The van der Waals surface area contributed by atoms with Gasteiger partial charge in [0.05, 0.1) is 0 Å². The summed E-state index contributed by atoms with van der Waals surface area (Å²) in [6.07, 6.45) is 1.07. The molecule has 4 nitrogen and oxygen atoms in total. The third kappa shape index (κ3) is 2.35. The minimum Gasteiger partial charge on any atom is -0.423 e. The molecule has 2 N–H and O–H groups in total. The quantitative estimate of drug-likeness (QED) is 0.825. The predicted molar refractivity (Wildman–Crippen MR) is 71.2 cm³/mol. The number of rotatable bonds is 4. The van der Waals surface area contributed by atoms with E-state index >= 15 is 0 Å². The highest BCUT2D eigenvalue weighted by Gasteiger charge is 2.16. The highest BCUT2D eigenvalue weighted by Crippen LogP contribution is 2.25. The second kappa shape index (κ2) is 4.65. The van der Waals surface area contributed by atoms with E-state index in [4.69, 9.17) is 10.2 Å². The zero-order valence-electron chi connectivity index (χ0n) is 10.6. The lowest BCUT2D eigenvalue weighted by molar-refractivity contribution is 0.535. The summed E-state index contributed by atoms with van der Waals surface area (Å²) in [6.45, 7) is 7.37. The largest absolute Gasteiger partial charge is 0.423 e. The van der Waals surface area contributed by atoms with Crippen molar-refractivity contribution in [1.29, 1.82) is 0 Å². The first-order valence-electron chi connectivity index (χ1n) is 6.04. The molecule has 17 heavy (non-hydrogen) atoms. The number of anilines is 2. The summed E-state index contributed by atoms with van der Waals surface area (Å²) < 4.78 is 5.76. The minimum atomic E-state index is 0.375. The molecule has 0 aliphatic carbocycles. The van der Waals surface area contributed by atoms with Crippen molar-refractivity contribution in [3.8, 4) is 0 Å². The summed E-state index contributed by atoms with van der Waals surface area (Å²) in [5, 5.41) is 0. The standard InChI is InChI=1S/C13H19N3O/c1-4-7-16(9(2)3)13-15-11-6-5-10(14)8-12(11)17-13/h5-6,8-9H,4,7,14H2,1-3H3. The van der Waals surface area contributed by atoms with E-state index in [1.807, 2.05) is 18.2 Å². The van der Waals surface area contributed by atoms with Gasteiger partial charge in [0.2, 0.25) is 0 Å². The number of hydrogen-bond donors (Lipinski definition) is 1. The molecule has 1 aromatic heterocycles. The molecule has 1 heterocycles. The SMILES string of the molecule is CCCN(c1nc2ccc(N)cc2o1)C(C)C. The van der Waals surface area contributed by atoms with Crippen LogP contribution in [-0.4, -0.2) is 17.6 Å². The fraction of sp³-hybridized carbons (Fsp3) is 0.462. The number of fused-ring (bicyclic) bond motifs is 1. The molecule has 2 rings (SSSR count). The summed E-state index contributed by atoms with van der Waals surface area (Å²) >= 11 is 0. The molecule has 0 fully saturated rings. The molecule has 0 aliphatic rings. The topological polar surface area (TPSA) is 55.3 Å². The number of hydrogen-bond acceptors (Lipinski definition) is 4. The average molecular weight is 233 g/mol. The number of nitrogen functional groups attached to an aromatic ring is 1. The van der Waals surface area contributed by atoms with Gasteiger partial charge in [0.15, 0.2) is 5.58 Å². The van der Waals surface area contributed by atoms with Crippen LogP contribution >= 0.6 is 0 Å². The zero-order chi connectivity index (χ0) is 12.4. The Kier molecular flexibility index (Phi) is 3.22. The van der Waals surface area contributed by atoms with Gasteiger partial charge < -0.3 is 15.1 Å². The van der Waals surface area contributed by atoms with E-state index in [0.29, 0.717) is 17.7 Å². The molecule has 2 aromatic rings. The Morgan fingerprint density at radius 3 is 2.82 bits per heavy atom. The van der Waals surface area contributed by atoms with Crippen LogP contribution in [0, 0.1) is 0 Å². The van der Waals surface area contributed by atoms with E-state index in [-0.39, 0.29) is 0 Å². The van der Waals surface area contributed by atoms with E-state index in [1.165, 1.54) is 0 Å². The van der Waals surface area contributed by atoms with Crippen LogP contribution in [-0.2, 0) is 0 Å². The van der Waals surface area contributed by atoms with Crippen molar-refractivity contribution in [2.75, 3.05) is 17.2 Å². The molecule has 0 saturated carbocycles. The Bertz CT molecular complexity index is 504. The van der Waals surface area contributed by atoms with Crippen molar-refractivity contribution < 1.29 is 4.42 Å². The highest BCUT2D eigenvalue weighted by atomic mass is 16.4. The monoisotopic (exact) mass is 233 g/mol. The van der Waals surface area contributed by atoms with Crippen molar-refractivity contribution in [2.24, 2.45) is 0 Å². The van der Waals surface area contributed by atoms with Gasteiger partial charge in [-0.15, -0.1) is 0 Å². The van der Waals surface area contributed by atoms with Crippen LogP contribution in [0.3, 0.4) is 0 Å². The molecule has 0 spiro atoms. The summed E-state index contributed by atoms with van der Waals surface area (Å²) in [6, 6.07) is 6.61. The molecule has 4 heteroatoms. The first kappa shape index (κ1) is 11.8. The number of oxazole rings is 1. The maximum Gasteiger partial charge on any atom is 0.298 e. The molecular formula is C13H19N3O. The summed E-state index contributed by atoms with van der Waals surface area (Å²) in [4.78, 5) is 6.66. The van der Waals surface area contributed by atoms with Crippen molar-refractivity contribution in [2.45, 2.75) is 33.2 Å². The molecule has 0 atom stereocenters. The molecule has 0 unspecified atom stereocenters. The molecule has 0 bridgehead atoms. The van der Waals surface area contributed by atoms with Crippen LogP contribution in [0.5, 0.6) is 0 Å². The second-order valence-electron chi connectivity index (χ2n) is 4.51. The highest BCUT2D eigenvalue weighted by molar-refractivity contribution is 5.78. The number of aromatic nitrogens is 1. The molecule has 0 aliphatic heterocycles. The van der Waals surface area contributed by atoms with E-state index < -0.39 is 0 Å². The van der Waals surface area contributed by atoms with Gasteiger partial charge in [-0.25, -0.2) is 0 Å². The van der Waals surface area contributed by atoms with Gasteiger partial charge in [0.25, 0.3) is 6.01 Å². The first-order chi connectivity index (χ1) is 8.11. The molecular weight excluding hydrogens is 214 g/mol. The molecule has 1 aromatic carbocycles. The summed E-state index contributed by atoms with van der Waals surface area (Å²) in [7, 11) is 0. The van der Waals surface area contributed by atoms with Crippen LogP contribution < -0.4 is 10.6 Å². The average Bonchev–Trinajstić information content (AvgIpc) is 2.67. The van der Waals surface area contributed by atoms with E-state index in [1.54, 1.807) is 0 Å². The Morgan fingerprint density at radius 1 is 1.41 bits per heavy atom. The van der Waals surface area contributed by atoms with Crippen LogP contribution in [0.15, 0.2) is 22.6 Å². The zero-order valence-corrected chi connectivity index (χ0v) is 10.6. The minimum absolute atomic E-state index is 0.375. The molecule has 92 valence electrons. The van der Waals surface area contributed by atoms with Crippen LogP contribution in [0.25, 0.3) is 11.1 Å². The lowest BCUT2D eigenvalue weighted by atomic mass is 10.3. The fourth-order valence-corrected chi connectivity index (χ4v) is 1.87. The van der Waals surface area contributed by atoms with E-state index in [0.717, 1.165) is 24.1 Å². The Hall–Kier alpha value is -1.71. The fourth-order valence-electron chi connectivity index (χ4n) is 1.87. The lowest BCUT2D eigenvalue weighted by Crippen LogP contribution is -2.31.